The molecule has 0 radical (unpaired) electrons. The van der Waals surface area contributed by atoms with E-state index in [0.29, 0.717) is 35.7 Å². The van der Waals surface area contributed by atoms with E-state index >= 15 is 4.39 Å². The number of carbonyl (C=O) groups excluding carboxylic acids is 2. The van der Waals surface area contributed by atoms with Crippen molar-refractivity contribution in [2.75, 3.05) is 46.9 Å². The van der Waals surface area contributed by atoms with Crippen LogP contribution in [0.2, 0.25) is 0 Å². The van der Waals surface area contributed by atoms with Crippen LogP contribution in [0.25, 0.3) is 11.0 Å². The predicted molar refractivity (Wildman–Crippen MR) is 182 cm³/mol. The minimum atomic E-state index is -0.431. The number of aromatic nitrogens is 3. The maximum atomic E-state index is 15.0. The molecule has 0 aliphatic carbocycles. The minimum absolute atomic E-state index is 0.0241. The summed E-state index contributed by atoms with van der Waals surface area (Å²) in [6.45, 7) is 5.77. The van der Waals surface area contributed by atoms with E-state index in [1.165, 1.54) is 13.2 Å². The molecule has 3 aliphatic heterocycles. The van der Waals surface area contributed by atoms with E-state index in [0.717, 1.165) is 87.4 Å². The van der Waals surface area contributed by atoms with Gasteiger partial charge < -0.3 is 23.7 Å². The van der Waals surface area contributed by atoms with Gasteiger partial charge in [-0.15, -0.1) is 0 Å². The van der Waals surface area contributed by atoms with Gasteiger partial charge in [-0.25, -0.2) is 19.2 Å². The fourth-order valence-electron chi connectivity index (χ4n) is 7.18. The molecule has 2 aromatic heterocycles. The normalized spacial score (nSPS) is 19.5. The number of hydrogen-bond acceptors (Lipinski definition) is 9. The Labute approximate surface area is 286 Å². The van der Waals surface area contributed by atoms with Gasteiger partial charge in [-0.2, -0.15) is 0 Å². The quantitative estimate of drug-likeness (QED) is 0.149. The fourth-order valence-corrected chi connectivity index (χ4v) is 7.18. The second-order valence-corrected chi connectivity index (χ2v) is 13.6. The van der Waals surface area contributed by atoms with Crippen molar-refractivity contribution in [3.63, 3.8) is 0 Å². The fraction of sp³-hybridized carbons (Fsp3) is 0.474. The third-order valence-electron chi connectivity index (χ3n) is 10.3. The number of imidazole rings is 1. The van der Waals surface area contributed by atoms with Crippen molar-refractivity contribution in [3.05, 3.63) is 88.6 Å². The Bertz CT molecular complexity index is 1810. The van der Waals surface area contributed by atoms with E-state index in [9.17, 15) is 9.59 Å². The molecule has 1 atom stereocenters. The number of hydrogen-bond donors (Lipinski definition) is 0. The van der Waals surface area contributed by atoms with E-state index in [4.69, 9.17) is 24.2 Å². The van der Waals surface area contributed by atoms with Gasteiger partial charge in [-0.1, -0.05) is 18.2 Å². The number of piperidine rings is 2. The van der Waals surface area contributed by atoms with Gasteiger partial charge in [-0.05, 0) is 95.7 Å². The first kappa shape index (κ1) is 33.3. The number of esters is 1. The van der Waals surface area contributed by atoms with Gasteiger partial charge >= 0.3 is 5.97 Å². The van der Waals surface area contributed by atoms with Crippen molar-refractivity contribution >= 4 is 22.8 Å². The Morgan fingerprint density at radius 1 is 0.939 bits per heavy atom. The van der Waals surface area contributed by atoms with Gasteiger partial charge in [0.25, 0.3) is 0 Å². The lowest BCUT2D eigenvalue weighted by atomic mass is 9.89. The molecule has 10 nitrogen and oxygen atoms in total. The van der Waals surface area contributed by atoms with E-state index in [2.05, 4.69) is 21.4 Å². The zero-order chi connectivity index (χ0) is 33.9. The standard InChI is InChI=1S/C38H44FN5O5/c1-42-15-10-26(11-16-42)37(45)27-6-7-29(31(39)20-27)24-49-36-5-3-4-32(41-36)25-12-17-43(18-13-25)23-35-40-33-9-8-28(38(46)47-2)21-34(33)44(35)22-30-14-19-48-30/h3-9,20-21,25-26,30H,10-19,22-24H2,1-2H3/t30-/m0/s1. The second-order valence-electron chi connectivity index (χ2n) is 13.6. The molecule has 0 N–H and O–H groups in total. The number of methoxy groups -OCH3 is 1. The molecule has 0 amide bonds. The molecule has 258 valence electrons. The van der Waals surface area contributed by atoms with Crippen molar-refractivity contribution in [2.24, 2.45) is 5.92 Å². The zero-order valence-electron chi connectivity index (χ0n) is 28.3. The highest BCUT2D eigenvalue weighted by Gasteiger charge is 2.27. The summed E-state index contributed by atoms with van der Waals surface area (Å²) in [6, 6.07) is 16.0. The maximum Gasteiger partial charge on any atom is 0.337 e. The topological polar surface area (TPSA) is 99.0 Å². The maximum absolute atomic E-state index is 15.0. The molecule has 11 heteroatoms. The molecule has 3 fully saturated rings. The number of Topliss-reactive ketones (excluding diaryl/α,β-unsaturated/α-hetero) is 1. The van der Waals surface area contributed by atoms with Crippen LogP contribution in [0.3, 0.4) is 0 Å². The van der Waals surface area contributed by atoms with Crippen LogP contribution in [0.5, 0.6) is 5.88 Å². The molecule has 3 saturated heterocycles. The van der Waals surface area contributed by atoms with Crippen molar-refractivity contribution in [2.45, 2.75) is 63.8 Å². The first-order valence-corrected chi connectivity index (χ1v) is 17.4. The van der Waals surface area contributed by atoms with Gasteiger partial charge in [0.15, 0.2) is 5.78 Å². The average molecular weight is 670 g/mol. The number of nitrogens with zero attached hydrogens (tertiary/aromatic N) is 5. The van der Waals surface area contributed by atoms with E-state index in [1.54, 1.807) is 24.3 Å². The van der Waals surface area contributed by atoms with E-state index in [-0.39, 0.29) is 36.3 Å². The van der Waals surface area contributed by atoms with Crippen LogP contribution < -0.4 is 4.74 Å². The summed E-state index contributed by atoms with van der Waals surface area (Å²) >= 11 is 0. The molecule has 0 bridgehead atoms. The summed E-state index contributed by atoms with van der Waals surface area (Å²) in [5, 5.41) is 0. The van der Waals surface area contributed by atoms with Crippen LogP contribution in [0, 0.1) is 11.7 Å². The number of halogens is 1. The Morgan fingerprint density at radius 2 is 1.71 bits per heavy atom. The molecule has 2 aromatic carbocycles. The lowest BCUT2D eigenvalue weighted by molar-refractivity contribution is -0.0592. The van der Waals surface area contributed by atoms with Gasteiger partial charge in [-0.3, -0.25) is 9.69 Å². The first-order chi connectivity index (χ1) is 23.8. The lowest BCUT2D eigenvalue weighted by Crippen LogP contribution is -2.35. The zero-order valence-corrected chi connectivity index (χ0v) is 28.3. The summed E-state index contributed by atoms with van der Waals surface area (Å²) < 4.78 is 33.9. The number of pyridine rings is 1. The number of likely N-dealkylation sites (tertiary alicyclic amines) is 2. The second kappa shape index (κ2) is 14.7. The van der Waals surface area contributed by atoms with Crippen molar-refractivity contribution in [1.82, 2.24) is 24.3 Å². The van der Waals surface area contributed by atoms with Crippen LogP contribution in [0.4, 0.5) is 4.39 Å². The smallest absolute Gasteiger partial charge is 0.337 e. The van der Waals surface area contributed by atoms with Crippen LogP contribution >= 0.6 is 0 Å². The van der Waals surface area contributed by atoms with Crippen LogP contribution in [-0.4, -0.2) is 89.1 Å². The van der Waals surface area contributed by atoms with Gasteiger partial charge in [0, 0.05) is 41.3 Å². The number of ether oxygens (including phenoxy) is 3. The van der Waals surface area contributed by atoms with Crippen molar-refractivity contribution < 1.29 is 28.2 Å². The van der Waals surface area contributed by atoms with Gasteiger partial charge in [0.1, 0.15) is 18.2 Å². The van der Waals surface area contributed by atoms with E-state index in [1.807, 2.05) is 24.3 Å². The molecule has 49 heavy (non-hydrogen) atoms. The molecule has 5 heterocycles. The molecule has 3 aliphatic rings. The molecular weight excluding hydrogens is 625 g/mol. The number of carbonyl (C=O) groups is 2. The number of fused-ring (bicyclic) bond motifs is 1. The Morgan fingerprint density at radius 3 is 2.43 bits per heavy atom. The Hall–Kier alpha value is -4.19. The molecular formula is C38H44FN5O5. The highest BCUT2D eigenvalue weighted by Crippen LogP contribution is 2.30. The molecule has 4 aromatic rings. The highest BCUT2D eigenvalue weighted by molar-refractivity contribution is 5.98. The van der Waals surface area contributed by atoms with Gasteiger partial charge in [0.2, 0.25) is 5.88 Å². The van der Waals surface area contributed by atoms with Crippen LogP contribution in [0.1, 0.15) is 75.8 Å². The van der Waals surface area contributed by atoms with Crippen LogP contribution in [-0.2, 0) is 29.2 Å². The Kier molecular flexibility index (Phi) is 10.0. The SMILES string of the molecule is COC(=O)c1ccc2nc(CN3CCC(c4cccc(OCc5ccc(C(=O)C6CCN(C)CC6)cc5F)n4)CC3)n(C[C@@H]3CCO3)c2c1. The summed E-state index contributed by atoms with van der Waals surface area (Å²) in [7, 11) is 3.45. The predicted octanol–water partition coefficient (Wildman–Crippen LogP) is 5.63. The molecule has 0 saturated carbocycles. The minimum Gasteiger partial charge on any atom is -0.473 e. The number of benzene rings is 2. The van der Waals surface area contributed by atoms with Crippen molar-refractivity contribution in [1.29, 1.82) is 0 Å². The third-order valence-corrected chi connectivity index (χ3v) is 10.3. The van der Waals surface area contributed by atoms with E-state index < -0.39 is 5.82 Å². The molecule has 0 spiro atoms. The summed E-state index contributed by atoms with van der Waals surface area (Å²) in [5.74, 6) is 0.894. The highest BCUT2D eigenvalue weighted by atomic mass is 19.1. The summed E-state index contributed by atoms with van der Waals surface area (Å²) in [5.41, 5.74) is 4.09. The average Bonchev–Trinajstić information content (AvgIpc) is 3.45. The summed E-state index contributed by atoms with van der Waals surface area (Å²) in [6.07, 6.45) is 4.66. The first-order valence-electron chi connectivity index (χ1n) is 17.4. The molecule has 7 rings (SSSR count). The Balaban J connectivity index is 0.957. The molecule has 0 unspecified atom stereocenters. The van der Waals surface area contributed by atoms with Gasteiger partial charge in [0.05, 0.1) is 42.9 Å². The lowest BCUT2D eigenvalue weighted by Gasteiger charge is -2.32. The largest absolute Gasteiger partial charge is 0.473 e. The van der Waals surface area contributed by atoms with Crippen LogP contribution in [0.15, 0.2) is 54.6 Å². The third kappa shape index (κ3) is 7.54. The number of rotatable bonds is 11. The van der Waals surface area contributed by atoms with Crippen molar-refractivity contribution in [3.8, 4) is 5.88 Å². The number of ketones is 1. The summed E-state index contributed by atoms with van der Waals surface area (Å²) in [4.78, 5) is 39.6. The monoisotopic (exact) mass is 669 g/mol.